The van der Waals surface area contributed by atoms with Crippen LogP contribution in [-0.4, -0.2) is 21.2 Å². The van der Waals surface area contributed by atoms with Crippen LogP contribution >= 0.6 is 0 Å². The fourth-order valence-electron chi connectivity index (χ4n) is 9.45. The molecule has 1 aliphatic rings. The SMILES string of the molecule is CC(C)c1cc(-c2ccccc2F)cc(C(C)C)c1N1CN(c2cc(Oc3ccc4c5ccccc5n(-c5ccccn5)c4c3)cc(-c3ccc4ncccc4c3)c2)c2ccccc21. The van der Waals surface area contributed by atoms with Gasteiger partial charge in [-0.1, -0.05) is 94.4 Å². The van der Waals surface area contributed by atoms with Crippen LogP contribution in [0, 0.1) is 5.82 Å². The lowest BCUT2D eigenvalue weighted by Crippen LogP contribution is -2.26. The summed E-state index contributed by atoms with van der Waals surface area (Å²) in [7, 11) is 0. The highest BCUT2D eigenvalue weighted by molar-refractivity contribution is 6.09. The van der Waals surface area contributed by atoms with Crippen molar-refractivity contribution in [2.24, 2.45) is 0 Å². The second-order valence-electron chi connectivity index (χ2n) is 17.2. The number of rotatable bonds is 9. The molecule has 0 aliphatic carbocycles. The van der Waals surface area contributed by atoms with E-state index in [1.165, 1.54) is 16.8 Å². The third kappa shape index (κ3) is 6.81. The molecule has 0 N–H and O–H groups in total. The van der Waals surface area contributed by atoms with E-state index < -0.39 is 0 Å². The highest BCUT2D eigenvalue weighted by atomic mass is 19.1. The summed E-state index contributed by atoms with van der Waals surface area (Å²) in [6, 6.07) is 57.9. The Morgan fingerprint density at radius 2 is 1.25 bits per heavy atom. The summed E-state index contributed by atoms with van der Waals surface area (Å²) in [6.07, 6.45) is 3.66. The van der Waals surface area contributed by atoms with Crippen molar-refractivity contribution in [3.8, 4) is 39.6 Å². The smallest absolute Gasteiger partial charge is 0.137 e. The molecule has 0 unspecified atom stereocenters. The van der Waals surface area contributed by atoms with Crippen molar-refractivity contribution >= 4 is 55.5 Å². The maximum Gasteiger partial charge on any atom is 0.137 e. The highest BCUT2D eigenvalue weighted by Crippen LogP contribution is 2.50. The van der Waals surface area contributed by atoms with Crippen LogP contribution in [-0.2, 0) is 0 Å². The second-order valence-corrected chi connectivity index (χ2v) is 17.2. The summed E-state index contributed by atoms with van der Waals surface area (Å²) in [5.74, 6) is 2.43. The lowest BCUT2D eigenvalue weighted by Gasteiger charge is -2.30. The van der Waals surface area contributed by atoms with Gasteiger partial charge in [0, 0.05) is 57.6 Å². The summed E-state index contributed by atoms with van der Waals surface area (Å²) in [5.41, 5.74) is 13.4. The Morgan fingerprint density at radius 1 is 0.531 bits per heavy atom. The van der Waals surface area contributed by atoms with Crippen molar-refractivity contribution in [1.29, 1.82) is 0 Å². The molecule has 312 valence electrons. The molecule has 0 fully saturated rings. The topological polar surface area (TPSA) is 46.4 Å². The third-order valence-electron chi connectivity index (χ3n) is 12.5. The van der Waals surface area contributed by atoms with Crippen molar-refractivity contribution in [2.45, 2.75) is 39.5 Å². The molecule has 4 heterocycles. The van der Waals surface area contributed by atoms with Crippen molar-refractivity contribution in [3.63, 3.8) is 0 Å². The molecule has 3 aromatic heterocycles. The minimum atomic E-state index is -0.214. The largest absolute Gasteiger partial charge is 0.457 e. The van der Waals surface area contributed by atoms with Gasteiger partial charge in [-0.05, 0) is 131 Å². The molecule has 64 heavy (non-hydrogen) atoms. The summed E-state index contributed by atoms with van der Waals surface area (Å²) in [5, 5.41) is 3.36. The summed E-state index contributed by atoms with van der Waals surface area (Å²) < 4.78 is 24.5. The van der Waals surface area contributed by atoms with Gasteiger partial charge in [-0.15, -0.1) is 0 Å². The zero-order chi connectivity index (χ0) is 43.5. The van der Waals surface area contributed by atoms with Gasteiger partial charge in [-0.3, -0.25) is 9.55 Å². The number of halogens is 1. The summed E-state index contributed by atoms with van der Waals surface area (Å²) in [6.45, 7) is 9.49. The molecule has 0 saturated heterocycles. The predicted octanol–water partition coefficient (Wildman–Crippen LogP) is 15.5. The molecule has 0 saturated carbocycles. The Kier molecular flexibility index (Phi) is 9.68. The van der Waals surface area contributed by atoms with Crippen LogP contribution in [0.4, 0.5) is 27.1 Å². The molecule has 0 amide bonds. The van der Waals surface area contributed by atoms with Gasteiger partial charge in [-0.25, -0.2) is 9.37 Å². The molecule has 0 atom stereocenters. The minimum Gasteiger partial charge on any atom is -0.457 e. The molecule has 0 bridgehead atoms. The number of fused-ring (bicyclic) bond motifs is 5. The number of ether oxygens (including phenoxy) is 1. The molecule has 11 rings (SSSR count). The van der Waals surface area contributed by atoms with Gasteiger partial charge >= 0.3 is 0 Å². The Labute approximate surface area is 372 Å². The van der Waals surface area contributed by atoms with Gasteiger partial charge in [0.15, 0.2) is 0 Å². The van der Waals surface area contributed by atoms with Crippen LogP contribution in [0.3, 0.4) is 0 Å². The lowest BCUT2D eigenvalue weighted by atomic mass is 9.87. The number of hydrogen-bond donors (Lipinski definition) is 0. The molecular formula is C57H46FN5O. The van der Waals surface area contributed by atoms with Crippen LogP contribution in [0.1, 0.15) is 50.7 Å². The fraction of sp³-hybridized carbons (Fsp3) is 0.123. The lowest BCUT2D eigenvalue weighted by molar-refractivity contribution is 0.483. The normalized spacial score (nSPS) is 12.6. The maximum atomic E-state index is 15.3. The molecule has 10 aromatic rings. The van der Waals surface area contributed by atoms with Crippen molar-refractivity contribution < 1.29 is 9.13 Å². The van der Waals surface area contributed by atoms with Gasteiger partial charge in [0.2, 0.25) is 0 Å². The van der Waals surface area contributed by atoms with Gasteiger partial charge in [-0.2, -0.15) is 0 Å². The highest BCUT2D eigenvalue weighted by Gasteiger charge is 2.33. The number of pyridine rings is 2. The number of benzene rings is 7. The van der Waals surface area contributed by atoms with Gasteiger partial charge in [0.1, 0.15) is 29.8 Å². The average molecular weight is 836 g/mol. The fourth-order valence-corrected chi connectivity index (χ4v) is 9.45. The second kappa shape index (κ2) is 15.9. The van der Waals surface area contributed by atoms with E-state index in [9.17, 15) is 0 Å². The van der Waals surface area contributed by atoms with Crippen LogP contribution in [0.25, 0.3) is 60.8 Å². The van der Waals surface area contributed by atoms with E-state index in [-0.39, 0.29) is 17.7 Å². The number of para-hydroxylation sites is 3. The van der Waals surface area contributed by atoms with Crippen LogP contribution in [0.15, 0.2) is 182 Å². The van der Waals surface area contributed by atoms with E-state index in [0.717, 1.165) is 83.8 Å². The zero-order valence-corrected chi connectivity index (χ0v) is 36.2. The van der Waals surface area contributed by atoms with Gasteiger partial charge in [0.25, 0.3) is 0 Å². The van der Waals surface area contributed by atoms with Crippen molar-refractivity contribution in [3.05, 3.63) is 199 Å². The predicted molar refractivity (Wildman–Crippen MR) is 261 cm³/mol. The molecule has 0 spiro atoms. The molecule has 1 aliphatic heterocycles. The first-order valence-electron chi connectivity index (χ1n) is 22.0. The molecule has 7 heteroatoms. The average Bonchev–Trinajstić information content (AvgIpc) is 3.87. The number of nitrogens with zero attached hydrogens (tertiary/aromatic N) is 5. The monoisotopic (exact) mass is 835 g/mol. The van der Waals surface area contributed by atoms with Crippen molar-refractivity contribution in [2.75, 3.05) is 16.5 Å². The molecule has 7 aromatic carbocycles. The number of hydrogen-bond acceptors (Lipinski definition) is 5. The first-order chi connectivity index (χ1) is 31.3. The van der Waals surface area contributed by atoms with Gasteiger partial charge < -0.3 is 14.5 Å². The van der Waals surface area contributed by atoms with E-state index in [2.05, 4.69) is 168 Å². The van der Waals surface area contributed by atoms with E-state index in [1.54, 1.807) is 12.1 Å². The molecule has 6 nitrogen and oxygen atoms in total. The van der Waals surface area contributed by atoms with Gasteiger partial charge in [0.05, 0.1) is 27.9 Å². The van der Waals surface area contributed by atoms with Crippen molar-refractivity contribution in [1.82, 2.24) is 14.5 Å². The number of anilines is 4. The minimum absolute atomic E-state index is 0.180. The third-order valence-corrected chi connectivity index (χ3v) is 12.5. The van der Waals surface area contributed by atoms with E-state index in [1.807, 2.05) is 48.8 Å². The Balaban J connectivity index is 1.05. The Hall–Kier alpha value is -7.77. The zero-order valence-electron chi connectivity index (χ0n) is 36.2. The van der Waals surface area contributed by atoms with Crippen LogP contribution < -0.4 is 14.5 Å². The van der Waals surface area contributed by atoms with E-state index in [4.69, 9.17) is 9.72 Å². The summed E-state index contributed by atoms with van der Waals surface area (Å²) in [4.78, 5) is 14.2. The number of aromatic nitrogens is 3. The Bertz CT molecular complexity index is 3360. The summed E-state index contributed by atoms with van der Waals surface area (Å²) >= 11 is 0. The quantitative estimate of drug-likeness (QED) is 0.145. The van der Waals surface area contributed by atoms with E-state index in [0.29, 0.717) is 12.2 Å². The standard InChI is InChI=1S/C57H46FN5O/c1-36(2)48-31-41(45-15-5-7-17-50(45)58)32-49(37(3)4)57(48)62-35-61(53-19-9-10-20-54(53)62)42-29-40(38-22-25-51-39(28-38)14-13-27-59-51)30-44(33-42)64-43-23-24-47-46-16-6-8-18-52(46)63(55(47)34-43)56-21-11-12-26-60-56/h5-34,36-37H,35H2,1-4H3. The first-order valence-corrected chi connectivity index (χ1v) is 22.0. The molecule has 0 radical (unpaired) electrons. The maximum absolute atomic E-state index is 15.3. The Morgan fingerprint density at radius 3 is 2.03 bits per heavy atom. The van der Waals surface area contributed by atoms with Crippen LogP contribution in [0.5, 0.6) is 11.5 Å². The van der Waals surface area contributed by atoms with E-state index >= 15 is 4.39 Å². The molecular weight excluding hydrogens is 790 g/mol. The first kappa shape index (κ1) is 39.1. The van der Waals surface area contributed by atoms with Crippen LogP contribution in [0.2, 0.25) is 0 Å².